The fraction of sp³-hybridized carbons (Fsp3) is 0.278. The lowest BCUT2D eigenvalue weighted by atomic mass is 10.00. The van der Waals surface area contributed by atoms with Crippen molar-refractivity contribution in [1.82, 2.24) is 0 Å². The number of carbonyl (C=O) groups excluding carboxylic acids is 1. The van der Waals surface area contributed by atoms with Gasteiger partial charge in [-0.15, -0.1) is 0 Å². The first-order valence-electron chi connectivity index (χ1n) is 7.47. The highest BCUT2D eigenvalue weighted by molar-refractivity contribution is 6.03. The Balaban J connectivity index is 2.04. The van der Waals surface area contributed by atoms with Gasteiger partial charge in [-0.05, 0) is 24.5 Å². The topological polar surface area (TPSA) is 66.8 Å². The van der Waals surface area contributed by atoms with Gasteiger partial charge in [0.05, 0.1) is 0 Å². The summed E-state index contributed by atoms with van der Waals surface area (Å²) in [5.74, 6) is 0.223. The molecule has 4 nitrogen and oxygen atoms in total. The number of fused-ring (bicyclic) bond motifs is 2. The molecule has 0 atom stereocenters. The zero-order valence-electron chi connectivity index (χ0n) is 12.4. The number of carbonyl (C=O) groups is 1. The summed E-state index contributed by atoms with van der Waals surface area (Å²) in [5.41, 5.74) is 2.07. The number of unbranched alkanes of at least 4 members (excludes halogenated alkanes) is 1. The largest absolute Gasteiger partial charge is 0.508 e. The average molecular weight is 298 g/mol. The van der Waals surface area contributed by atoms with Gasteiger partial charge >= 0.3 is 0 Å². The van der Waals surface area contributed by atoms with E-state index in [1.807, 2.05) is 18.2 Å². The Kier molecular flexibility index (Phi) is 3.75. The number of aryl methyl sites for hydroxylation is 1. The van der Waals surface area contributed by atoms with Gasteiger partial charge in [-0.2, -0.15) is 0 Å². The van der Waals surface area contributed by atoms with Crippen molar-refractivity contribution in [2.45, 2.75) is 32.6 Å². The second-order valence-corrected chi connectivity index (χ2v) is 5.59. The fourth-order valence-corrected chi connectivity index (χ4v) is 2.70. The van der Waals surface area contributed by atoms with Crippen LogP contribution in [0.3, 0.4) is 0 Å². The van der Waals surface area contributed by atoms with Crippen molar-refractivity contribution in [3.05, 3.63) is 47.0 Å². The van der Waals surface area contributed by atoms with Crippen LogP contribution in [0.2, 0.25) is 0 Å². The van der Waals surface area contributed by atoms with Gasteiger partial charge in [0.1, 0.15) is 28.6 Å². The summed E-state index contributed by atoms with van der Waals surface area (Å²) >= 11 is 0. The average Bonchev–Trinajstić information content (AvgIpc) is 2.59. The summed E-state index contributed by atoms with van der Waals surface area (Å²) in [6.07, 6.45) is 3.34. The first-order chi connectivity index (χ1) is 10.6. The Labute approximate surface area is 129 Å². The molecule has 0 radical (unpaired) electrons. The molecule has 0 unspecified atom stereocenters. The summed E-state index contributed by atoms with van der Waals surface area (Å²) in [5, 5.41) is 19.5. The molecule has 1 aliphatic rings. The van der Waals surface area contributed by atoms with Crippen LogP contribution in [-0.4, -0.2) is 16.0 Å². The lowest BCUT2D eigenvalue weighted by Crippen LogP contribution is -2.02. The highest BCUT2D eigenvalue weighted by Gasteiger charge is 2.25. The Morgan fingerprint density at radius 3 is 2.73 bits per heavy atom. The first-order valence-corrected chi connectivity index (χ1v) is 7.47. The van der Waals surface area contributed by atoms with Crippen LogP contribution in [0.4, 0.5) is 0 Å². The SMILES string of the molecule is CCCCc1ccc2c(c1)Oc1cc(O)cc(O)c1C(=O)C2. The molecule has 2 aromatic carbocycles. The van der Waals surface area contributed by atoms with Crippen LogP contribution in [0.1, 0.15) is 41.3 Å². The van der Waals surface area contributed by atoms with E-state index in [4.69, 9.17) is 4.74 Å². The number of rotatable bonds is 3. The van der Waals surface area contributed by atoms with Crippen LogP contribution in [-0.2, 0) is 12.8 Å². The molecule has 0 spiro atoms. The predicted octanol–water partition coefficient (Wildman–Crippen LogP) is 3.97. The maximum absolute atomic E-state index is 12.3. The number of ether oxygens (including phenoxy) is 1. The van der Waals surface area contributed by atoms with Crippen molar-refractivity contribution in [2.75, 3.05) is 0 Å². The lowest BCUT2D eigenvalue weighted by molar-refractivity contribution is 0.0991. The number of benzene rings is 2. The molecular formula is C18H18O4. The molecule has 2 aromatic rings. The zero-order chi connectivity index (χ0) is 15.7. The molecule has 1 heterocycles. The highest BCUT2D eigenvalue weighted by Crippen LogP contribution is 2.40. The number of aromatic hydroxyl groups is 2. The van der Waals surface area contributed by atoms with Crippen LogP contribution in [0.5, 0.6) is 23.0 Å². The molecule has 0 aliphatic carbocycles. The first kappa shape index (κ1) is 14.4. The Morgan fingerprint density at radius 2 is 1.95 bits per heavy atom. The highest BCUT2D eigenvalue weighted by atomic mass is 16.5. The van der Waals surface area contributed by atoms with Crippen LogP contribution >= 0.6 is 0 Å². The maximum atomic E-state index is 12.3. The van der Waals surface area contributed by atoms with E-state index < -0.39 is 0 Å². The number of ketones is 1. The van der Waals surface area contributed by atoms with Crippen LogP contribution in [0, 0.1) is 0 Å². The minimum Gasteiger partial charge on any atom is -0.508 e. The van der Waals surface area contributed by atoms with Crippen molar-refractivity contribution in [3.8, 4) is 23.0 Å². The minimum absolute atomic E-state index is 0.129. The third-order valence-electron chi connectivity index (χ3n) is 3.87. The van der Waals surface area contributed by atoms with Crippen molar-refractivity contribution in [2.24, 2.45) is 0 Å². The molecule has 0 saturated heterocycles. The molecule has 1 aliphatic heterocycles. The van der Waals surface area contributed by atoms with E-state index in [0.29, 0.717) is 5.75 Å². The van der Waals surface area contributed by atoms with Crippen LogP contribution in [0.15, 0.2) is 30.3 Å². The zero-order valence-corrected chi connectivity index (χ0v) is 12.4. The van der Waals surface area contributed by atoms with Gasteiger partial charge in [0.2, 0.25) is 0 Å². The van der Waals surface area contributed by atoms with Crippen molar-refractivity contribution in [3.63, 3.8) is 0 Å². The van der Waals surface area contributed by atoms with Crippen LogP contribution < -0.4 is 4.74 Å². The molecular weight excluding hydrogens is 280 g/mol. The summed E-state index contributed by atoms with van der Waals surface area (Å²) in [6, 6.07) is 8.37. The van der Waals surface area contributed by atoms with E-state index in [9.17, 15) is 15.0 Å². The van der Waals surface area contributed by atoms with Crippen molar-refractivity contribution >= 4 is 5.78 Å². The summed E-state index contributed by atoms with van der Waals surface area (Å²) < 4.78 is 5.81. The summed E-state index contributed by atoms with van der Waals surface area (Å²) in [4.78, 5) is 12.3. The molecule has 22 heavy (non-hydrogen) atoms. The third kappa shape index (κ3) is 2.64. The fourth-order valence-electron chi connectivity index (χ4n) is 2.70. The second-order valence-electron chi connectivity index (χ2n) is 5.59. The number of phenolic OH excluding ortho intramolecular Hbond substituents is 2. The van der Waals surface area contributed by atoms with Crippen molar-refractivity contribution < 1.29 is 19.7 Å². The minimum atomic E-state index is -0.251. The Morgan fingerprint density at radius 1 is 1.14 bits per heavy atom. The number of Topliss-reactive ketones (excluding diaryl/α,β-unsaturated/α-hetero) is 1. The predicted molar refractivity (Wildman–Crippen MR) is 82.9 cm³/mol. The van der Waals surface area contributed by atoms with Gasteiger partial charge < -0.3 is 14.9 Å². The third-order valence-corrected chi connectivity index (χ3v) is 3.87. The monoisotopic (exact) mass is 298 g/mol. The molecule has 114 valence electrons. The molecule has 0 amide bonds. The number of hydrogen-bond acceptors (Lipinski definition) is 4. The molecule has 0 bridgehead atoms. The number of phenols is 2. The van der Waals surface area contributed by atoms with E-state index in [0.717, 1.165) is 36.5 Å². The smallest absolute Gasteiger partial charge is 0.174 e. The van der Waals surface area contributed by atoms with Gasteiger partial charge in [-0.3, -0.25) is 4.79 Å². The summed E-state index contributed by atoms with van der Waals surface area (Å²) in [7, 11) is 0. The molecule has 0 saturated carbocycles. The van der Waals surface area contributed by atoms with E-state index in [2.05, 4.69) is 6.92 Å². The molecule has 4 heteroatoms. The maximum Gasteiger partial charge on any atom is 0.174 e. The molecule has 0 aromatic heterocycles. The van der Waals surface area contributed by atoms with Gasteiger partial charge in [-0.1, -0.05) is 25.5 Å². The van der Waals surface area contributed by atoms with E-state index >= 15 is 0 Å². The quantitative estimate of drug-likeness (QED) is 0.899. The molecule has 2 N–H and O–H groups in total. The van der Waals surface area contributed by atoms with Gasteiger partial charge in [0, 0.05) is 24.1 Å². The van der Waals surface area contributed by atoms with Crippen LogP contribution in [0.25, 0.3) is 0 Å². The Hall–Kier alpha value is -2.49. The van der Waals surface area contributed by atoms with E-state index in [1.165, 1.54) is 6.07 Å². The molecule has 3 rings (SSSR count). The van der Waals surface area contributed by atoms with Gasteiger partial charge in [-0.25, -0.2) is 0 Å². The van der Waals surface area contributed by atoms with Gasteiger partial charge in [0.25, 0.3) is 0 Å². The second kappa shape index (κ2) is 5.72. The van der Waals surface area contributed by atoms with Gasteiger partial charge in [0.15, 0.2) is 5.78 Å². The van der Waals surface area contributed by atoms with E-state index in [-0.39, 0.29) is 35.0 Å². The Bertz CT molecular complexity index is 734. The normalized spacial score (nSPS) is 13.0. The standard InChI is InChI=1S/C18H18O4/c1-2-3-4-11-5-6-12-8-14(20)18-15(21)9-13(19)10-17(18)22-16(12)7-11/h5-7,9-10,19,21H,2-4,8H2,1H3. The molecule has 0 fully saturated rings. The lowest BCUT2D eigenvalue weighted by Gasteiger charge is -2.11. The van der Waals surface area contributed by atoms with E-state index in [1.54, 1.807) is 0 Å². The number of hydrogen-bond donors (Lipinski definition) is 2. The summed E-state index contributed by atoms with van der Waals surface area (Å²) in [6.45, 7) is 2.14. The van der Waals surface area contributed by atoms with Crippen molar-refractivity contribution in [1.29, 1.82) is 0 Å².